The molecule has 1 aliphatic heterocycles. The van der Waals surface area contributed by atoms with Crippen molar-refractivity contribution >= 4 is 21.4 Å². The zero-order valence-corrected chi connectivity index (χ0v) is 14.8. The normalized spacial score (nSPS) is 22.1. The third-order valence-corrected chi connectivity index (χ3v) is 6.45. The van der Waals surface area contributed by atoms with Crippen LogP contribution in [0.4, 0.5) is 5.69 Å². The Morgan fingerprint density at radius 1 is 1.39 bits per heavy atom. The Hall–Kier alpha value is -1.40. The van der Waals surface area contributed by atoms with Crippen LogP contribution in [0.3, 0.4) is 0 Å². The molecule has 2 rings (SSSR count). The molecule has 2 N–H and O–H groups in total. The summed E-state index contributed by atoms with van der Waals surface area (Å²) < 4.78 is 24.0. The molecule has 0 saturated carbocycles. The molecule has 0 spiro atoms. The minimum Gasteiger partial charge on any atom is -0.326 e. The molecule has 1 saturated heterocycles. The second kappa shape index (κ2) is 7.45. The van der Waals surface area contributed by atoms with Gasteiger partial charge in [-0.25, -0.2) is 8.42 Å². The van der Waals surface area contributed by atoms with Crippen LogP contribution in [0.25, 0.3) is 0 Å². The molecule has 5 nitrogen and oxygen atoms in total. The van der Waals surface area contributed by atoms with Crippen LogP contribution >= 0.6 is 0 Å². The monoisotopic (exact) mass is 338 g/mol. The molecule has 2 atom stereocenters. The average molecular weight is 338 g/mol. The molecule has 0 aliphatic carbocycles. The number of amides is 1. The van der Waals surface area contributed by atoms with Gasteiger partial charge in [0, 0.05) is 17.6 Å². The van der Waals surface area contributed by atoms with E-state index in [9.17, 15) is 13.2 Å². The fourth-order valence-electron chi connectivity index (χ4n) is 2.75. The first-order chi connectivity index (χ1) is 10.8. The predicted octanol–water partition coefficient (Wildman–Crippen LogP) is 2.34. The lowest BCUT2D eigenvalue weighted by Gasteiger charge is -2.27. The highest BCUT2D eigenvalue weighted by molar-refractivity contribution is 7.91. The van der Waals surface area contributed by atoms with E-state index in [1.165, 1.54) is 0 Å². The maximum absolute atomic E-state index is 12.4. The number of benzene rings is 1. The van der Waals surface area contributed by atoms with E-state index < -0.39 is 15.1 Å². The van der Waals surface area contributed by atoms with E-state index >= 15 is 0 Å². The Bertz CT molecular complexity index is 656. The van der Waals surface area contributed by atoms with Crippen molar-refractivity contribution in [3.8, 4) is 0 Å². The average Bonchev–Trinajstić information content (AvgIpc) is 2.47. The van der Waals surface area contributed by atoms with Crippen molar-refractivity contribution in [1.82, 2.24) is 5.32 Å². The summed E-state index contributed by atoms with van der Waals surface area (Å²) in [6, 6.07) is 7.46. The Morgan fingerprint density at radius 3 is 2.78 bits per heavy atom. The fourth-order valence-corrected chi connectivity index (χ4v) is 3.73. The Morgan fingerprint density at radius 2 is 2.13 bits per heavy atom. The lowest BCUT2D eigenvalue weighted by molar-refractivity contribution is -0.120. The maximum atomic E-state index is 12.4. The summed E-state index contributed by atoms with van der Waals surface area (Å²) >= 11 is 0. The minimum atomic E-state index is -3.15. The van der Waals surface area contributed by atoms with Crippen molar-refractivity contribution in [3.05, 3.63) is 29.8 Å². The molecule has 128 valence electrons. The molecular formula is C17H26N2O3S. The van der Waals surface area contributed by atoms with Crippen LogP contribution in [0.1, 0.15) is 39.2 Å². The fraction of sp³-hybridized carbons (Fsp3) is 0.588. The molecular weight excluding hydrogens is 312 g/mol. The summed E-state index contributed by atoms with van der Waals surface area (Å²) in [4.78, 5) is 12.4. The zero-order valence-electron chi connectivity index (χ0n) is 14.0. The van der Waals surface area contributed by atoms with E-state index in [1.54, 1.807) is 38.1 Å². The van der Waals surface area contributed by atoms with Gasteiger partial charge < -0.3 is 10.6 Å². The summed E-state index contributed by atoms with van der Waals surface area (Å²) in [5.41, 5.74) is 1.37. The molecule has 1 heterocycles. The number of rotatable bonds is 5. The topological polar surface area (TPSA) is 75.3 Å². The third kappa shape index (κ3) is 5.04. The predicted molar refractivity (Wildman–Crippen MR) is 93.0 cm³/mol. The number of hydrogen-bond donors (Lipinski definition) is 2. The molecule has 6 heteroatoms. The highest BCUT2D eigenvalue weighted by Crippen LogP contribution is 2.20. The first kappa shape index (κ1) is 17.9. The van der Waals surface area contributed by atoms with E-state index in [-0.39, 0.29) is 17.6 Å². The van der Waals surface area contributed by atoms with Crippen molar-refractivity contribution in [2.45, 2.75) is 50.7 Å². The molecule has 1 amide bonds. The second-order valence-corrected chi connectivity index (χ2v) is 9.18. The van der Waals surface area contributed by atoms with Crippen molar-refractivity contribution in [1.29, 1.82) is 0 Å². The standard InChI is InChI=1S/C17H26N2O3S/c1-12(2)23(21,22)11-14-5-4-6-16(10-14)19-17(20)15-7-8-18-13(3)9-15/h4-6,10,12-13,15,18H,7-9,11H2,1-3H3,(H,19,20)/t13-,15-/m0/s1. The Labute approximate surface area is 138 Å². The van der Waals surface area contributed by atoms with Crippen molar-refractivity contribution < 1.29 is 13.2 Å². The zero-order chi connectivity index (χ0) is 17.0. The summed E-state index contributed by atoms with van der Waals surface area (Å²) in [6.07, 6.45) is 1.66. The van der Waals surface area contributed by atoms with Gasteiger partial charge in [-0.05, 0) is 57.9 Å². The van der Waals surface area contributed by atoms with Gasteiger partial charge in [0.2, 0.25) is 5.91 Å². The van der Waals surface area contributed by atoms with Crippen LogP contribution in [0.5, 0.6) is 0 Å². The SMILES string of the molecule is CC(C)S(=O)(=O)Cc1cccc(NC(=O)[C@H]2CCN[C@@H](C)C2)c1. The van der Waals surface area contributed by atoms with Crippen molar-refractivity contribution in [3.63, 3.8) is 0 Å². The van der Waals surface area contributed by atoms with Crippen LogP contribution in [0.2, 0.25) is 0 Å². The van der Waals surface area contributed by atoms with Gasteiger partial charge in [-0.1, -0.05) is 12.1 Å². The lowest BCUT2D eigenvalue weighted by atomic mass is 9.92. The first-order valence-corrected chi connectivity index (χ1v) is 9.84. The van der Waals surface area contributed by atoms with Crippen molar-refractivity contribution in [2.24, 2.45) is 5.92 Å². The molecule has 0 unspecified atom stereocenters. The second-order valence-electron chi connectivity index (χ2n) is 6.62. The summed E-state index contributed by atoms with van der Waals surface area (Å²) in [6.45, 7) is 6.29. The maximum Gasteiger partial charge on any atom is 0.227 e. The highest BCUT2D eigenvalue weighted by Gasteiger charge is 2.24. The van der Waals surface area contributed by atoms with Crippen LogP contribution in [0, 0.1) is 5.92 Å². The number of nitrogens with one attached hydrogen (secondary N) is 2. The summed E-state index contributed by atoms with van der Waals surface area (Å²) in [5.74, 6) is 0.0233. The number of hydrogen-bond acceptors (Lipinski definition) is 4. The quantitative estimate of drug-likeness (QED) is 0.864. The van der Waals surface area contributed by atoms with Crippen LogP contribution in [-0.2, 0) is 20.4 Å². The van der Waals surface area contributed by atoms with Crippen LogP contribution in [0.15, 0.2) is 24.3 Å². The van der Waals surface area contributed by atoms with E-state index in [4.69, 9.17) is 0 Å². The first-order valence-electron chi connectivity index (χ1n) is 8.12. The molecule has 0 aromatic heterocycles. The smallest absolute Gasteiger partial charge is 0.227 e. The van der Waals surface area contributed by atoms with E-state index in [0.717, 1.165) is 19.4 Å². The van der Waals surface area contributed by atoms with Gasteiger partial charge in [-0.3, -0.25) is 4.79 Å². The van der Waals surface area contributed by atoms with Gasteiger partial charge in [-0.2, -0.15) is 0 Å². The Balaban J connectivity index is 2.04. The molecule has 1 aliphatic rings. The van der Waals surface area contributed by atoms with Crippen molar-refractivity contribution in [2.75, 3.05) is 11.9 Å². The van der Waals surface area contributed by atoms with Gasteiger partial charge in [0.25, 0.3) is 0 Å². The number of piperidine rings is 1. The van der Waals surface area contributed by atoms with E-state index in [1.807, 2.05) is 0 Å². The largest absolute Gasteiger partial charge is 0.326 e. The van der Waals surface area contributed by atoms with Gasteiger partial charge >= 0.3 is 0 Å². The van der Waals surface area contributed by atoms with Crippen LogP contribution < -0.4 is 10.6 Å². The number of carbonyl (C=O) groups excluding carboxylic acids is 1. The number of carbonyl (C=O) groups is 1. The highest BCUT2D eigenvalue weighted by atomic mass is 32.2. The third-order valence-electron chi connectivity index (χ3n) is 4.28. The van der Waals surface area contributed by atoms with Gasteiger partial charge in [0.15, 0.2) is 9.84 Å². The Kier molecular flexibility index (Phi) is 5.81. The lowest BCUT2D eigenvalue weighted by Crippen LogP contribution is -2.40. The molecule has 23 heavy (non-hydrogen) atoms. The number of sulfone groups is 1. The van der Waals surface area contributed by atoms with Gasteiger partial charge in [-0.15, -0.1) is 0 Å². The minimum absolute atomic E-state index is 0.00123. The van der Waals surface area contributed by atoms with Gasteiger partial charge in [0.05, 0.1) is 11.0 Å². The number of anilines is 1. The van der Waals surface area contributed by atoms with E-state index in [0.29, 0.717) is 17.3 Å². The molecule has 0 radical (unpaired) electrons. The summed E-state index contributed by atoms with van der Waals surface area (Å²) in [5, 5.41) is 5.85. The summed E-state index contributed by atoms with van der Waals surface area (Å²) in [7, 11) is -3.15. The molecule has 0 bridgehead atoms. The molecule has 1 fully saturated rings. The van der Waals surface area contributed by atoms with Crippen LogP contribution in [-0.4, -0.2) is 32.2 Å². The molecule has 1 aromatic carbocycles. The van der Waals surface area contributed by atoms with E-state index in [2.05, 4.69) is 17.6 Å². The van der Waals surface area contributed by atoms with Gasteiger partial charge in [0.1, 0.15) is 0 Å². The molecule has 1 aromatic rings.